The van der Waals surface area contributed by atoms with E-state index in [1.807, 2.05) is 6.08 Å². The standard InChI is InChI=1S/C22H30N2O4/c1-15-6-4-8-17(20(25)27-3)9-5-7-16(2)12-19-18(11-10-15)22(21(26)28-19)13-23-24-14-22/h6,9,12,18-19H,4-5,7-8,10-11,13-14H2,1-3H3/b15-6+,16-12+,17-9-/t18-,19-/m0/s1. The second kappa shape index (κ2) is 8.84. The smallest absolute Gasteiger partial charge is 0.333 e. The summed E-state index contributed by atoms with van der Waals surface area (Å²) in [5, 5.41) is 8.25. The van der Waals surface area contributed by atoms with Crippen molar-refractivity contribution in [2.24, 2.45) is 21.6 Å². The van der Waals surface area contributed by atoms with E-state index in [-0.39, 0.29) is 24.0 Å². The van der Waals surface area contributed by atoms with Gasteiger partial charge in [0, 0.05) is 11.5 Å². The van der Waals surface area contributed by atoms with Crippen LogP contribution in [0.3, 0.4) is 0 Å². The Bertz CT molecular complexity index is 740. The first-order chi connectivity index (χ1) is 13.5. The van der Waals surface area contributed by atoms with Gasteiger partial charge in [0.2, 0.25) is 0 Å². The van der Waals surface area contributed by atoms with Crippen LogP contribution >= 0.6 is 0 Å². The van der Waals surface area contributed by atoms with Gasteiger partial charge in [-0.15, -0.1) is 0 Å². The normalized spacial score (nSPS) is 33.5. The monoisotopic (exact) mass is 386 g/mol. The largest absolute Gasteiger partial charge is 0.466 e. The van der Waals surface area contributed by atoms with Gasteiger partial charge in [-0.2, -0.15) is 10.2 Å². The lowest BCUT2D eigenvalue weighted by molar-refractivity contribution is -0.146. The average Bonchev–Trinajstić information content (AvgIpc) is 3.25. The van der Waals surface area contributed by atoms with Crippen LogP contribution in [0.15, 0.2) is 45.2 Å². The van der Waals surface area contributed by atoms with E-state index in [4.69, 9.17) is 9.47 Å². The molecule has 1 fully saturated rings. The summed E-state index contributed by atoms with van der Waals surface area (Å²) in [6, 6.07) is 0. The summed E-state index contributed by atoms with van der Waals surface area (Å²) in [7, 11) is 1.42. The molecule has 2 heterocycles. The summed E-state index contributed by atoms with van der Waals surface area (Å²) in [6.07, 6.45) is 10.9. The highest BCUT2D eigenvalue weighted by atomic mass is 16.6. The number of azo groups is 1. The Balaban J connectivity index is 1.85. The van der Waals surface area contributed by atoms with Crippen molar-refractivity contribution >= 4 is 11.9 Å². The molecule has 0 saturated carbocycles. The third-order valence-corrected chi connectivity index (χ3v) is 6.14. The van der Waals surface area contributed by atoms with Crippen LogP contribution in [-0.2, 0) is 19.1 Å². The number of carbonyl (C=O) groups excluding carboxylic acids is 2. The quantitative estimate of drug-likeness (QED) is 0.496. The maximum atomic E-state index is 12.7. The van der Waals surface area contributed by atoms with E-state index in [2.05, 4.69) is 36.2 Å². The Kier molecular flexibility index (Phi) is 6.47. The van der Waals surface area contributed by atoms with Crippen molar-refractivity contribution in [3.8, 4) is 0 Å². The fraction of sp³-hybridized carbons (Fsp3) is 0.636. The zero-order chi connectivity index (χ0) is 20.1. The lowest BCUT2D eigenvalue weighted by atomic mass is 9.72. The van der Waals surface area contributed by atoms with Gasteiger partial charge >= 0.3 is 11.9 Å². The zero-order valence-corrected chi connectivity index (χ0v) is 17.1. The Labute approximate surface area is 166 Å². The van der Waals surface area contributed by atoms with Crippen molar-refractivity contribution in [2.75, 3.05) is 20.2 Å². The maximum Gasteiger partial charge on any atom is 0.333 e. The fourth-order valence-electron chi connectivity index (χ4n) is 4.36. The topological polar surface area (TPSA) is 77.3 Å². The summed E-state index contributed by atoms with van der Waals surface area (Å²) < 4.78 is 10.7. The van der Waals surface area contributed by atoms with Gasteiger partial charge in [-0.05, 0) is 58.4 Å². The average molecular weight is 386 g/mol. The molecule has 2 aliphatic heterocycles. The maximum absolute atomic E-state index is 12.7. The van der Waals surface area contributed by atoms with Crippen molar-refractivity contribution in [3.05, 3.63) is 34.9 Å². The molecular weight excluding hydrogens is 356 g/mol. The minimum absolute atomic E-state index is 0.0948. The molecule has 0 aromatic rings. The Morgan fingerprint density at radius 1 is 1.11 bits per heavy atom. The van der Waals surface area contributed by atoms with Gasteiger partial charge in [0.1, 0.15) is 11.5 Å². The van der Waals surface area contributed by atoms with Crippen molar-refractivity contribution in [1.82, 2.24) is 0 Å². The molecule has 0 aromatic heterocycles. The number of esters is 2. The molecule has 0 amide bonds. The predicted octanol–water partition coefficient (Wildman–Crippen LogP) is 4.33. The number of ether oxygens (including phenoxy) is 2. The zero-order valence-electron chi connectivity index (χ0n) is 17.1. The van der Waals surface area contributed by atoms with E-state index in [0.29, 0.717) is 19.5 Å². The molecule has 3 aliphatic rings. The molecule has 0 radical (unpaired) electrons. The first-order valence-electron chi connectivity index (χ1n) is 10.1. The lowest BCUT2D eigenvalue weighted by Crippen LogP contribution is -2.38. The number of fused-ring (bicyclic) bond motifs is 2. The molecule has 0 aromatic carbocycles. The Morgan fingerprint density at radius 2 is 1.82 bits per heavy atom. The first-order valence-corrected chi connectivity index (χ1v) is 10.1. The Morgan fingerprint density at radius 3 is 2.54 bits per heavy atom. The second-order valence-electron chi connectivity index (χ2n) is 8.13. The van der Waals surface area contributed by atoms with Gasteiger partial charge in [0.15, 0.2) is 0 Å². The molecular formula is C22H30N2O4. The molecule has 0 bridgehead atoms. The summed E-state index contributed by atoms with van der Waals surface area (Å²) >= 11 is 0. The number of hydrogen-bond donors (Lipinski definition) is 0. The number of carbonyl (C=O) groups is 2. The van der Waals surface area contributed by atoms with Gasteiger partial charge in [-0.25, -0.2) is 4.79 Å². The summed E-state index contributed by atoms with van der Waals surface area (Å²) in [4.78, 5) is 24.7. The number of allylic oxidation sites excluding steroid dienone is 4. The van der Waals surface area contributed by atoms with Gasteiger partial charge in [-0.3, -0.25) is 4.79 Å². The molecule has 1 aliphatic carbocycles. The molecule has 3 rings (SSSR count). The highest BCUT2D eigenvalue weighted by Crippen LogP contribution is 2.46. The molecule has 0 unspecified atom stereocenters. The van der Waals surface area contributed by atoms with Crippen LogP contribution in [0, 0.1) is 11.3 Å². The minimum atomic E-state index is -0.587. The predicted molar refractivity (Wildman–Crippen MR) is 106 cm³/mol. The number of rotatable bonds is 1. The Hall–Kier alpha value is -2.24. The van der Waals surface area contributed by atoms with Crippen molar-refractivity contribution in [1.29, 1.82) is 0 Å². The SMILES string of the molecule is COC(=O)/C1=C\CC/C(C)=C/[C@@H]2OC(=O)C3(CN=NC3)[C@H]2CC/C(C)=C/CC1. The molecule has 28 heavy (non-hydrogen) atoms. The second-order valence-corrected chi connectivity index (χ2v) is 8.13. The van der Waals surface area contributed by atoms with E-state index >= 15 is 0 Å². The summed E-state index contributed by atoms with van der Waals surface area (Å²) in [5.74, 6) is -0.312. The van der Waals surface area contributed by atoms with Crippen LogP contribution in [-0.4, -0.2) is 38.2 Å². The first kappa shape index (κ1) is 20.5. The van der Waals surface area contributed by atoms with E-state index < -0.39 is 5.41 Å². The summed E-state index contributed by atoms with van der Waals surface area (Å²) in [5.41, 5.74) is 2.57. The van der Waals surface area contributed by atoms with Gasteiger partial charge in [0.05, 0.1) is 20.2 Å². The minimum Gasteiger partial charge on any atom is -0.466 e. The summed E-state index contributed by atoms with van der Waals surface area (Å²) in [6.45, 7) is 5.04. The van der Waals surface area contributed by atoms with Crippen LogP contribution in [0.25, 0.3) is 0 Å². The number of hydrogen-bond acceptors (Lipinski definition) is 6. The van der Waals surface area contributed by atoms with Crippen LogP contribution in [0.1, 0.15) is 52.4 Å². The van der Waals surface area contributed by atoms with E-state index in [1.54, 1.807) is 0 Å². The molecule has 2 atom stereocenters. The molecule has 1 spiro atoms. The van der Waals surface area contributed by atoms with Crippen molar-refractivity contribution in [3.63, 3.8) is 0 Å². The third-order valence-electron chi connectivity index (χ3n) is 6.14. The third kappa shape index (κ3) is 4.26. The van der Waals surface area contributed by atoms with Gasteiger partial charge < -0.3 is 9.47 Å². The van der Waals surface area contributed by atoms with E-state index in [0.717, 1.165) is 43.3 Å². The molecule has 0 N–H and O–H groups in total. The molecule has 6 heteroatoms. The van der Waals surface area contributed by atoms with E-state index in [9.17, 15) is 9.59 Å². The lowest BCUT2D eigenvalue weighted by Gasteiger charge is -2.26. The van der Waals surface area contributed by atoms with Crippen LogP contribution in [0.2, 0.25) is 0 Å². The number of methoxy groups -OCH3 is 1. The molecule has 6 nitrogen and oxygen atoms in total. The van der Waals surface area contributed by atoms with Crippen LogP contribution in [0.5, 0.6) is 0 Å². The van der Waals surface area contributed by atoms with Crippen LogP contribution < -0.4 is 0 Å². The van der Waals surface area contributed by atoms with Gasteiger partial charge in [-0.1, -0.05) is 23.3 Å². The van der Waals surface area contributed by atoms with Crippen molar-refractivity contribution in [2.45, 2.75) is 58.5 Å². The number of nitrogens with zero attached hydrogens (tertiary/aromatic N) is 2. The fourth-order valence-corrected chi connectivity index (χ4v) is 4.36. The van der Waals surface area contributed by atoms with Crippen molar-refractivity contribution < 1.29 is 19.1 Å². The van der Waals surface area contributed by atoms with Crippen LogP contribution in [0.4, 0.5) is 0 Å². The van der Waals surface area contributed by atoms with Gasteiger partial charge in [0.25, 0.3) is 0 Å². The molecule has 1 saturated heterocycles. The highest BCUT2D eigenvalue weighted by Gasteiger charge is 2.58. The molecule has 152 valence electrons. The van der Waals surface area contributed by atoms with E-state index in [1.165, 1.54) is 12.7 Å². The highest BCUT2D eigenvalue weighted by molar-refractivity contribution is 5.88.